The highest BCUT2D eigenvalue weighted by Gasteiger charge is 2.06. The molecule has 0 aliphatic rings. The molecule has 4 heteroatoms. The Morgan fingerprint density at radius 3 is 2.93 bits per heavy atom. The first-order chi connectivity index (χ1) is 6.76. The van der Waals surface area contributed by atoms with Crippen LogP contribution < -0.4 is 4.74 Å². The summed E-state index contributed by atoms with van der Waals surface area (Å²) in [6.07, 6.45) is 0. The zero-order chi connectivity index (χ0) is 10.1. The van der Waals surface area contributed by atoms with E-state index in [2.05, 4.69) is 17.6 Å². The molecule has 1 heterocycles. The molecule has 0 aliphatic heterocycles. The lowest BCUT2D eigenvalue weighted by Gasteiger charge is -1.99. The predicted molar refractivity (Wildman–Crippen MR) is 60.0 cm³/mol. The lowest BCUT2D eigenvalue weighted by atomic mass is 10.3. The van der Waals surface area contributed by atoms with Gasteiger partial charge in [-0.05, 0) is 12.1 Å². The minimum Gasteiger partial charge on any atom is -0.497 e. The van der Waals surface area contributed by atoms with Gasteiger partial charge >= 0.3 is 0 Å². The van der Waals surface area contributed by atoms with E-state index in [1.807, 2.05) is 29.8 Å². The van der Waals surface area contributed by atoms with Crippen LogP contribution in [0.25, 0.3) is 11.0 Å². The van der Waals surface area contributed by atoms with Crippen LogP contribution in [0.5, 0.6) is 5.75 Å². The highest BCUT2D eigenvalue weighted by atomic mass is 32.1. The maximum Gasteiger partial charge on any atom is 0.121 e. The van der Waals surface area contributed by atoms with Crippen LogP contribution in [0.1, 0.15) is 5.82 Å². The monoisotopic (exact) mass is 208 g/mol. The van der Waals surface area contributed by atoms with Crippen LogP contribution in [0.4, 0.5) is 0 Å². The highest BCUT2D eigenvalue weighted by molar-refractivity contribution is 7.79. The molecule has 3 nitrogen and oxygen atoms in total. The summed E-state index contributed by atoms with van der Waals surface area (Å²) in [4.78, 5) is 4.45. The fraction of sp³-hybridized carbons (Fsp3) is 0.300. The summed E-state index contributed by atoms with van der Waals surface area (Å²) >= 11 is 4.22. The molecule has 14 heavy (non-hydrogen) atoms. The normalized spacial score (nSPS) is 10.8. The second-order valence-corrected chi connectivity index (χ2v) is 3.42. The Labute approximate surface area is 88.1 Å². The smallest absolute Gasteiger partial charge is 0.121 e. The Morgan fingerprint density at radius 2 is 2.29 bits per heavy atom. The molecule has 1 aromatic heterocycles. The Bertz CT molecular complexity index is 464. The van der Waals surface area contributed by atoms with Gasteiger partial charge in [-0.3, -0.25) is 0 Å². The molecule has 0 fully saturated rings. The van der Waals surface area contributed by atoms with Gasteiger partial charge in [0.25, 0.3) is 0 Å². The van der Waals surface area contributed by atoms with Crippen molar-refractivity contribution < 1.29 is 4.74 Å². The first-order valence-corrected chi connectivity index (χ1v) is 4.99. The number of ether oxygens (including phenoxy) is 1. The van der Waals surface area contributed by atoms with E-state index < -0.39 is 0 Å². The van der Waals surface area contributed by atoms with E-state index in [-0.39, 0.29) is 0 Å². The van der Waals surface area contributed by atoms with Gasteiger partial charge in [-0.15, -0.1) is 0 Å². The third-order valence-corrected chi connectivity index (χ3v) is 2.60. The molecular formula is C10H12N2OS. The van der Waals surface area contributed by atoms with Crippen LogP contribution in [0.3, 0.4) is 0 Å². The average molecular weight is 208 g/mol. The number of aryl methyl sites for hydroxylation is 1. The van der Waals surface area contributed by atoms with Crippen LogP contribution in [-0.2, 0) is 12.8 Å². The summed E-state index contributed by atoms with van der Waals surface area (Å²) in [5.41, 5.74) is 2.06. The van der Waals surface area contributed by atoms with Crippen LogP contribution >= 0.6 is 12.6 Å². The van der Waals surface area contributed by atoms with Crippen molar-refractivity contribution in [2.24, 2.45) is 7.05 Å². The van der Waals surface area contributed by atoms with Crippen molar-refractivity contribution in [1.82, 2.24) is 9.55 Å². The lowest BCUT2D eigenvalue weighted by molar-refractivity contribution is 0.415. The van der Waals surface area contributed by atoms with Crippen molar-refractivity contribution in [2.45, 2.75) is 5.75 Å². The van der Waals surface area contributed by atoms with Gasteiger partial charge in [-0.2, -0.15) is 12.6 Å². The van der Waals surface area contributed by atoms with E-state index in [0.29, 0.717) is 5.75 Å². The molecule has 0 N–H and O–H groups in total. The number of nitrogens with zero attached hydrogens (tertiary/aromatic N) is 2. The minimum atomic E-state index is 0.646. The molecule has 0 unspecified atom stereocenters. The number of aromatic nitrogens is 2. The summed E-state index contributed by atoms with van der Waals surface area (Å²) in [6, 6.07) is 5.88. The number of thiol groups is 1. The van der Waals surface area contributed by atoms with E-state index in [4.69, 9.17) is 4.74 Å². The first kappa shape index (κ1) is 9.40. The third kappa shape index (κ3) is 1.35. The molecule has 0 aliphatic carbocycles. The number of hydrogen-bond donors (Lipinski definition) is 1. The van der Waals surface area contributed by atoms with E-state index in [1.54, 1.807) is 7.11 Å². The fourth-order valence-electron chi connectivity index (χ4n) is 1.50. The number of hydrogen-bond acceptors (Lipinski definition) is 3. The average Bonchev–Trinajstić information content (AvgIpc) is 2.55. The standard InChI is InChI=1S/C10H12N2OS/c1-12-9-4-3-7(13-2)5-8(9)11-10(12)6-14/h3-5,14H,6H2,1-2H3. The van der Waals surface area contributed by atoms with Gasteiger partial charge in [0, 0.05) is 18.9 Å². The molecule has 0 radical (unpaired) electrons. The molecule has 0 saturated heterocycles. The van der Waals surface area contributed by atoms with E-state index >= 15 is 0 Å². The van der Waals surface area contributed by atoms with Crippen molar-refractivity contribution in [2.75, 3.05) is 7.11 Å². The van der Waals surface area contributed by atoms with Crippen LogP contribution in [0.15, 0.2) is 18.2 Å². The van der Waals surface area contributed by atoms with Gasteiger partial charge in [-0.25, -0.2) is 4.98 Å². The quantitative estimate of drug-likeness (QED) is 0.764. The molecule has 0 saturated carbocycles. The van der Waals surface area contributed by atoms with Crippen molar-refractivity contribution in [3.8, 4) is 5.75 Å². The Hall–Kier alpha value is -1.16. The Balaban J connectivity index is 2.66. The maximum absolute atomic E-state index is 5.14. The topological polar surface area (TPSA) is 27.1 Å². The molecule has 0 amide bonds. The molecule has 1 aromatic carbocycles. The fourth-order valence-corrected chi connectivity index (χ4v) is 1.78. The number of methoxy groups -OCH3 is 1. The van der Waals surface area contributed by atoms with Gasteiger partial charge in [-0.1, -0.05) is 0 Å². The zero-order valence-corrected chi connectivity index (χ0v) is 9.08. The molecule has 0 atom stereocenters. The lowest BCUT2D eigenvalue weighted by Crippen LogP contribution is -1.93. The maximum atomic E-state index is 5.14. The molecule has 0 bridgehead atoms. The summed E-state index contributed by atoms with van der Waals surface area (Å²) in [6.45, 7) is 0. The van der Waals surface area contributed by atoms with Crippen LogP contribution in [-0.4, -0.2) is 16.7 Å². The third-order valence-electron chi connectivity index (χ3n) is 2.32. The van der Waals surface area contributed by atoms with E-state index in [1.165, 1.54) is 0 Å². The van der Waals surface area contributed by atoms with Crippen molar-refractivity contribution >= 4 is 23.7 Å². The van der Waals surface area contributed by atoms with Crippen LogP contribution in [0.2, 0.25) is 0 Å². The molecule has 0 spiro atoms. The largest absolute Gasteiger partial charge is 0.497 e. The molecule has 2 rings (SSSR count). The van der Waals surface area contributed by atoms with Gasteiger partial charge in [0.2, 0.25) is 0 Å². The number of imidazole rings is 1. The number of benzene rings is 1. The van der Waals surface area contributed by atoms with Crippen LogP contribution in [0, 0.1) is 0 Å². The highest BCUT2D eigenvalue weighted by Crippen LogP contribution is 2.21. The minimum absolute atomic E-state index is 0.646. The molecular weight excluding hydrogens is 196 g/mol. The van der Waals surface area contributed by atoms with Gasteiger partial charge in [0.05, 0.1) is 18.1 Å². The molecule has 74 valence electrons. The number of rotatable bonds is 2. The van der Waals surface area contributed by atoms with Gasteiger partial charge in [0.15, 0.2) is 0 Å². The number of fused-ring (bicyclic) bond motifs is 1. The summed E-state index contributed by atoms with van der Waals surface area (Å²) in [5, 5.41) is 0. The SMILES string of the molecule is COc1ccc2c(c1)nc(CS)n2C. The van der Waals surface area contributed by atoms with Crippen molar-refractivity contribution in [1.29, 1.82) is 0 Å². The zero-order valence-electron chi connectivity index (χ0n) is 8.19. The van der Waals surface area contributed by atoms with E-state index in [9.17, 15) is 0 Å². The van der Waals surface area contributed by atoms with E-state index in [0.717, 1.165) is 22.6 Å². The van der Waals surface area contributed by atoms with Crippen molar-refractivity contribution in [3.63, 3.8) is 0 Å². The summed E-state index contributed by atoms with van der Waals surface area (Å²) in [7, 11) is 3.65. The summed E-state index contributed by atoms with van der Waals surface area (Å²) < 4.78 is 7.18. The molecule has 2 aromatic rings. The second kappa shape index (κ2) is 3.53. The first-order valence-electron chi connectivity index (χ1n) is 4.36. The van der Waals surface area contributed by atoms with Gasteiger partial charge < -0.3 is 9.30 Å². The Kier molecular flexibility index (Phi) is 2.37. The summed E-state index contributed by atoms with van der Waals surface area (Å²) in [5.74, 6) is 2.45. The second-order valence-electron chi connectivity index (χ2n) is 3.10. The van der Waals surface area contributed by atoms with Crippen molar-refractivity contribution in [3.05, 3.63) is 24.0 Å². The Morgan fingerprint density at radius 1 is 1.50 bits per heavy atom. The predicted octanol–water partition coefficient (Wildman–Crippen LogP) is 2.01. The van der Waals surface area contributed by atoms with Gasteiger partial charge in [0.1, 0.15) is 11.6 Å².